The molecule has 1 aliphatic rings. The Hall–Kier alpha value is -2.62. The molecule has 0 bridgehead atoms. The van der Waals surface area contributed by atoms with Crippen LogP contribution in [-0.4, -0.2) is 19.7 Å². The molecule has 0 aromatic heterocycles. The maximum Gasteiger partial charge on any atom is 0.337 e. The number of hydrogen-bond acceptors (Lipinski definition) is 3. The monoisotopic (exact) mass is 298 g/mol. The van der Waals surface area contributed by atoms with Crippen LogP contribution in [0, 0.1) is 12.7 Å². The molecule has 0 saturated carbocycles. The fourth-order valence-electron chi connectivity index (χ4n) is 2.53. The van der Waals surface area contributed by atoms with Crippen molar-refractivity contribution in [1.29, 1.82) is 0 Å². The number of halogens is 1. The number of aryl methyl sites for hydroxylation is 1. The van der Waals surface area contributed by atoms with Crippen molar-refractivity contribution in [1.82, 2.24) is 0 Å². The van der Waals surface area contributed by atoms with E-state index in [-0.39, 0.29) is 5.82 Å². The van der Waals surface area contributed by atoms with Crippen molar-refractivity contribution >= 4 is 11.5 Å². The molecule has 0 saturated heterocycles. The van der Waals surface area contributed by atoms with Crippen molar-refractivity contribution in [2.24, 2.45) is 0 Å². The Bertz CT molecular complexity index is 778. The van der Waals surface area contributed by atoms with E-state index in [0.717, 1.165) is 11.1 Å². The highest BCUT2D eigenvalue weighted by Gasteiger charge is 2.20. The van der Waals surface area contributed by atoms with Crippen LogP contribution in [0.2, 0.25) is 0 Å². The molecule has 0 unspecified atom stereocenters. The van der Waals surface area contributed by atoms with Gasteiger partial charge in [-0.1, -0.05) is 12.1 Å². The van der Waals surface area contributed by atoms with Crippen molar-refractivity contribution < 1.29 is 18.7 Å². The van der Waals surface area contributed by atoms with Gasteiger partial charge in [-0.2, -0.15) is 0 Å². The third-order valence-corrected chi connectivity index (χ3v) is 3.63. The smallest absolute Gasteiger partial charge is 0.337 e. The number of hydrogen-bond donors (Lipinski definition) is 0. The summed E-state index contributed by atoms with van der Waals surface area (Å²) in [5, 5.41) is 0. The van der Waals surface area contributed by atoms with Gasteiger partial charge in [-0.15, -0.1) is 0 Å². The molecule has 0 radical (unpaired) electrons. The van der Waals surface area contributed by atoms with E-state index in [0.29, 0.717) is 29.0 Å². The lowest BCUT2D eigenvalue weighted by molar-refractivity contribution is 0.0600. The van der Waals surface area contributed by atoms with Gasteiger partial charge in [0.05, 0.1) is 12.7 Å². The molecule has 0 atom stereocenters. The van der Waals surface area contributed by atoms with Crippen molar-refractivity contribution in [2.45, 2.75) is 6.92 Å². The van der Waals surface area contributed by atoms with Crippen LogP contribution in [0.5, 0.6) is 5.75 Å². The van der Waals surface area contributed by atoms with Gasteiger partial charge >= 0.3 is 5.97 Å². The topological polar surface area (TPSA) is 35.5 Å². The molecule has 3 rings (SSSR count). The van der Waals surface area contributed by atoms with E-state index in [9.17, 15) is 9.18 Å². The van der Waals surface area contributed by atoms with Crippen molar-refractivity contribution in [3.05, 3.63) is 70.5 Å². The Labute approximate surface area is 128 Å². The lowest BCUT2D eigenvalue weighted by atomic mass is 9.93. The number of carbonyl (C=O) groups is 1. The van der Waals surface area contributed by atoms with E-state index < -0.39 is 5.97 Å². The predicted octanol–water partition coefficient (Wildman–Crippen LogP) is 3.74. The molecule has 2 aromatic rings. The van der Waals surface area contributed by atoms with Gasteiger partial charge in [-0.25, -0.2) is 9.18 Å². The van der Waals surface area contributed by atoms with E-state index in [1.54, 1.807) is 24.3 Å². The fraction of sp³-hybridized carbons (Fsp3) is 0.167. The summed E-state index contributed by atoms with van der Waals surface area (Å²) in [4.78, 5) is 11.7. The van der Waals surface area contributed by atoms with Gasteiger partial charge in [0.15, 0.2) is 0 Å². The second kappa shape index (κ2) is 5.64. The minimum Gasteiger partial charge on any atom is -0.489 e. The number of benzene rings is 2. The molecule has 4 heteroatoms. The van der Waals surface area contributed by atoms with Gasteiger partial charge in [0.1, 0.15) is 18.2 Å². The summed E-state index contributed by atoms with van der Waals surface area (Å²) in [5.74, 6) is -0.0928. The first-order chi connectivity index (χ1) is 10.6. The molecule has 22 heavy (non-hydrogen) atoms. The summed E-state index contributed by atoms with van der Waals surface area (Å²) in [6.07, 6.45) is 1.82. The van der Waals surface area contributed by atoms with E-state index >= 15 is 0 Å². The highest BCUT2D eigenvalue weighted by atomic mass is 19.1. The Morgan fingerprint density at radius 3 is 2.73 bits per heavy atom. The molecular weight excluding hydrogens is 283 g/mol. The summed E-state index contributed by atoms with van der Waals surface area (Å²) in [6.45, 7) is 2.21. The summed E-state index contributed by atoms with van der Waals surface area (Å²) in [6, 6.07) is 10.1. The van der Waals surface area contributed by atoms with Crippen molar-refractivity contribution in [2.75, 3.05) is 13.7 Å². The standard InChI is InChI=1S/C18H15FO3/c1-11-3-5-14(16(19)9-11)13-7-8-22-17-6-4-12(10-15(13)17)18(20)21-2/h3-7,9-10H,8H2,1-2H3. The Morgan fingerprint density at radius 1 is 1.18 bits per heavy atom. The average Bonchev–Trinajstić information content (AvgIpc) is 2.53. The zero-order valence-electron chi connectivity index (χ0n) is 12.4. The minimum absolute atomic E-state index is 0.289. The van der Waals surface area contributed by atoms with Crippen LogP contribution in [0.25, 0.3) is 5.57 Å². The SMILES string of the molecule is COC(=O)c1ccc2c(c1)C(c1ccc(C)cc1F)=CCO2. The number of ether oxygens (including phenoxy) is 2. The number of rotatable bonds is 2. The highest BCUT2D eigenvalue weighted by Crippen LogP contribution is 2.36. The maximum absolute atomic E-state index is 14.3. The van der Waals surface area contributed by atoms with Crippen LogP contribution in [0.15, 0.2) is 42.5 Å². The van der Waals surface area contributed by atoms with Crippen LogP contribution in [0.3, 0.4) is 0 Å². The molecule has 0 aliphatic carbocycles. The molecule has 3 nitrogen and oxygen atoms in total. The second-order valence-electron chi connectivity index (χ2n) is 5.11. The van der Waals surface area contributed by atoms with Gasteiger partial charge in [0.25, 0.3) is 0 Å². The van der Waals surface area contributed by atoms with E-state index in [4.69, 9.17) is 9.47 Å². The number of methoxy groups -OCH3 is 1. The molecule has 1 aliphatic heterocycles. The van der Waals surface area contributed by atoms with Gasteiger partial charge in [-0.05, 0) is 48.4 Å². The third kappa shape index (κ3) is 2.48. The molecule has 2 aromatic carbocycles. The predicted molar refractivity (Wildman–Crippen MR) is 81.5 cm³/mol. The Balaban J connectivity index is 2.12. The number of fused-ring (bicyclic) bond motifs is 1. The molecule has 0 amide bonds. The summed E-state index contributed by atoms with van der Waals surface area (Å²) < 4.78 is 24.6. The lowest BCUT2D eigenvalue weighted by Gasteiger charge is -2.20. The molecule has 112 valence electrons. The second-order valence-corrected chi connectivity index (χ2v) is 5.11. The summed E-state index contributed by atoms with van der Waals surface area (Å²) in [5.41, 5.74) is 3.18. The first kappa shape index (κ1) is 14.3. The fourth-order valence-corrected chi connectivity index (χ4v) is 2.53. The average molecular weight is 298 g/mol. The van der Waals surface area contributed by atoms with Gasteiger partial charge in [-0.3, -0.25) is 0 Å². The van der Waals surface area contributed by atoms with Crippen LogP contribution in [0.4, 0.5) is 4.39 Å². The van der Waals surface area contributed by atoms with Crippen molar-refractivity contribution in [3.63, 3.8) is 0 Å². The molecule has 0 fully saturated rings. The normalized spacial score (nSPS) is 13.0. The number of carbonyl (C=O) groups excluding carboxylic acids is 1. The Kier molecular flexibility index (Phi) is 3.67. The van der Waals surface area contributed by atoms with Crippen LogP contribution >= 0.6 is 0 Å². The molecule has 1 heterocycles. The summed E-state index contributed by atoms with van der Waals surface area (Å²) in [7, 11) is 1.33. The zero-order valence-corrected chi connectivity index (χ0v) is 12.4. The van der Waals surface area contributed by atoms with E-state index in [2.05, 4.69) is 0 Å². The highest BCUT2D eigenvalue weighted by molar-refractivity contribution is 5.93. The third-order valence-electron chi connectivity index (χ3n) is 3.63. The largest absolute Gasteiger partial charge is 0.489 e. The van der Waals surface area contributed by atoms with E-state index in [1.807, 2.05) is 19.1 Å². The van der Waals surface area contributed by atoms with Crippen LogP contribution in [-0.2, 0) is 4.74 Å². The summed E-state index contributed by atoms with van der Waals surface area (Å²) >= 11 is 0. The van der Waals surface area contributed by atoms with Crippen molar-refractivity contribution in [3.8, 4) is 5.75 Å². The quantitative estimate of drug-likeness (QED) is 0.792. The van der Waals surface area contributed by atoms with Gasteiger partial charge in [0.2, 0.25) is 0 Å². The molecular formula is C18H15FO3. The van der Waals surface area contributed by atoms with Gasteiger partial charge < -0.3 is 9.47 Å². The molecule has 0 spiro atoms. The van der Waals surface area contributed by atoms with Crippen LogP contribution < -0.4 is 4.74 Å². The lowest BCUT2D eigenvalue weighted by Crippen LogP contribution is -2.09. The Morgan fingerprint density at radius 2 is 2.00 bits per heavy atom. The zero-order chi connectivity index (χ0) is 15.7. The van der Waals surface area contributed by atoms with E-state index in [1.165, 1.54) is 13.2 Å². The number of esters is 1. The van der Waals surface area contributed by atoms with Crippen LogP contribution in [0.1, 0.15) is 27.0 Å². The minimum atomic E-state index is -0.433. The maximum atomic E-state index is 14.3. The first-order valence-electron chi connectivity index (χ1n) is 6.92. The molecule has 0 N–H and O–H groups in total. The first-order valence-corrected chi connectivity index (χ1v) is 6.92. The van der Waals surface area contributed by atoms with Gasteiger partial charge in [0, 0.05) is 11.1 Å².